The number of carbonyl (C=O) groups is 1. The molecule has 0 fully saturated rings. The molecule has 0 saturated heterocycles. The van der Waals surface area contributed by atoms with Crippen LogP contribution in [0.15, 0.2) is 0 Å². The maximum atomic E-state index is 10.4. The van der Waals surface area contributed by atoms with Crippen LogP contribution in [-0.2, 0) is 4.79 Å². The van der Waals surface area contributed by atoms with Crippen LogP contribution in [0.1, 0.15) is 13.8 Å². The molecule has 0 aromatic heterocycles. The number of rotatable bonds is 5. The summed E-state index contributed by atoms with van der Waals surface area (Å²) < 4.78 is 0. The number of amides is 1. The first-order valence-electron chi connectivity index (χ1n) is 3.63. The van der Waals surface area contributed by atoms with E-state index in [0.717, 1.165) is 5.75 Å². The molecule has 3 nitrogen and oxygen atoms in total. The van der Waals surface area contributed by atoms with Crippen molar-refractivity contribution >= 4 is 17.7 Å². The lowest BCUT2D eigenvalue weighted by Crippen LogP contribution is -2.23. The molecule has 0 saturated carbocycles. The highest BCUT2D eigenvalue weighted by atomic mass is 32.2. The van der Waals surface area contributed by atoms with Gasteiger partial charge in [-0.3, -0.25) is 4.79 Å². The molecule has 0 aromatic rings. The molecule has 1 amide bonds. The monoisotopic (exact) mass is 177 g/mol. The zero-order valence-electron chi connectivity index (χ0n) is 6.96. The Bertz CT molecular complexity index is 119. The van der Waals surface area contributed by atoms with Gasteiger partial charge in [-0.05, 0) is 0 Å². The third-order valence-corrected chi connectivity index (χ3v) is 2.29. The lowest BCUT2D eigenvalue weighted by atomic mass is 10.5. The molecule has 0 aromatic carbocycles. The largest absolute Gasteiger partial charge is 0.395 e. The minimum absolute atomic E-state index is 0.00208. The lowest BCUT2D eigenvalue weighted by Gasteiger charge is -2.06. The van der Waals surface area contributed by atoms with E-state index in [-0.39, 0.29) is 17.8 Å². The minimum Gasteiger partial charge on any atom is -0.395 e. The van der Waals surface area contributed by atoms with E-state index in [1.807, 2.05) is 6.92 Å². The Balaban J connectivity index is 3.08. The zero-order valence-corrected chi connectivity index (χ0v) is 7.78. The van der Waals surface area contributed by atoms with Crippen LogP contribution < -0.4 is 5.32 Å². The van der Waals surface area contributed by atoms with Gasteiger partial charge in [0.2, 0.25) is 5.91 Å². The second kappa shape index (κ2) is 6.49. The Morgan fingerprint density at radius 1 is 1.73 bits per heavy atom. The Labute approximate surface area is 71.6 Å². The van der Waals surface area contributed by atoms with Crippen molar-refractivity contribution in [1.82, 2.24) is 5.32 Å². The highest BCUT2D eigenvalue weighted by Gasteiger charge is 1.98. The van der Waals surface area contributed by atoms with E-state index in [1.54, 1.807) is 11.8 Å². The van der Waals surface area contributed by atoms with Crippen molar-refractivity contribution in [3.05, 3.63) is 0 Å². The predicted molar refractivity (Wildman–Crippen MR) is 47.7 cm³/mol. The summed E-state index contributed by atoms with van der Waals surface area (Å²) in [5.74, 6) is 0.864. The molecular formula is C7H15NO2S. The van der Waals surface area contributed by atoms with Gasteiger partial charge in [-0.2, -0.15) is 11.8 Å². The topological polar surface area (TPSA) is 49.3 Å². The quantitative estimate of drug-likeness (QED) is 0.591. The summed E-state index contributed by atoms with van der Waals surface area (Å²) in [5.41, 5.74) is 0. The minimum atomic E-state index is 0.00208. The highest BCUT2D eigenvalue weighted by molar-refractivity contribution is 7.99. The Hall–Kier alpha value is -0.220. The number of aliphatic hydroxyl groups is 1. The van der Waals surface area contributed by atoms with Gasteiger partial charge in [0.05, 0.1) is 6.61 Å². The molecule has 0 heterocycles. The van der Waals surface area contributed by atoms with Gasteiger partial charge < -0.3 is 10.4 Å². The first-order chi connectivity index (χ1) is 5.16. The smallest absolute Gasteiger partial charge is 0.216 e. The van der Waals surface area contributed by atoms with E-state index >= 15 is 0 Å². The molecule has 0 aliphatic carbocycles. The summed E-state index contributed by atoms with van der Waals surface area (Å²) in [7, 11) is 0. The first kappa shape index (κ1) is 10.8. The van der Waals surface area contributed by atoms with E-state index in [4.69, 9.17) is 5.11 Å². The van der Waals surface area contributed by atoms with E-state index in [9.17, 15) is 4.79 Å². The molecule has 0 spiro atoms. The number of nitrogens with one attached hydrogen (secondary N) is 1. The normalized spacial score (nSPS) is 12.6. The molecule has 0 bridgehead atoms. The summed E-state index contributed by atoms with van der Waals surface area (Å²) in [5, 5.41) is 11.6. The van der Waals surface area contributed by atoms with Crippen molar-refractivity contribution in [2.24, 2.45) is 0 Å². The summed E-state index contributed by atoms with van der Waals surface area (Å²) >= 11 is 1.65. The van der Waals surface area contributed by atoms with Crippen molar-refractivity contribution in [2.75, 3.05) is 18.9 Å². The average molecular weight is 177 g/mol. The van der Waals surface area contributed by atoms with Crippen LogP contribution in [0.3, 0.4) is 0 Å². The average Bonchev–Trinajstić information content (AvgIpc) is 1.97. The molecule has 0 rings (SSSR count). The van der Waals surface area contributed by atoms with E-state index in [1.165, 1.54) is 6.92 Å². The van der Waals surface area contributed by atoms with Crippen molar-refractivity contribution in [1.29, 1.82) is 0 Å². The van der Waals surface area contributed by atoms with E-state index in [0.29, 0.717) is 6.54 Å². The molecule has 0 aliphatic heterocycles. The number of aliphatic hydroxyl groups excluding tert-OH is 1. The van der Waals surface area contributed by atoms with Gasteiger partial charge in [-0.25, -0.2) is 0 Å². The zero-order chi connectivity index (χ0) is 8.69. The van der Waals surface area contributed by atoms with Gasteiger partial charge in [0.25, 0.3) is 0 Å². The molecule has 0 aliphatic rings. The van der Waals surface area contributed by atoms with Crippen molar-refractivity contribution < 1.29 is 9.90 Å². The summed E-state index contributed by atoms with van der Waals surface area (Å²) in [6.45, 7) is 4.34. The first-order valence-corrected chi connectivity index (χ1v) is 4.68. The van der Waals surface area contributed by atoms with Crippen molar-refractivity contribution in [3.8, 4) is 0 Å². The Kier molecular flexibility index (Phi) is 6.36. The molecule has 1 atom stereocenters. The Morgan fingerprint density at radius 3 is 2.82 bits per heavy atom. The predicted octanol–water partition coefficient (Wildman–Crippen LogP) is 0.237. The fourth-order valence-corrected chi connectivity index (χ4v) is 1.27. The summed E-state index contributed by atoms with van der Waals surface area (Å²) in [6.07, 6.45) is 0. The molecule has 0 radical (unpaired) electrons. The third kappa shape index (κ3) is 7.68. The van der Waals surface area contributed by atoms with Gasteiger partial charge in [0.15, 0.2) is 0 Å². The van der Waals surface area contributed by atoms with E-state index < -0.39 is 0 Å². The molecule has 2 N–H and O–H groups in total. The Morgan fingerprint density at radius 2 is 2.36 bits per heavy atom. The van der Waals surface area contributed by atoms with Crippen LogP contribution in [0.2, 0.25) is 0 Å². The van der Waals surface area contributed by atoms with Crippen LogP contribution in [0.25, 0.3) is 0 Å². The number of hydrogen-bond acceptors (Lipinski definition) is 3. The van der Waals surface area contributed by atoms with Crippen molar-refractivity contribution in [2.45, 2.75) is 19.1 Å². The third-order valence-electron chi connectivity index (χ3n) is 1.14. The molecule has 4 heteroatoms. The van der Waals surface area contributed by atoms with Gasteiger partial charge in [0.1, 0.15) is 0 Å². The van der Waals surface area contributed by atoms with Crippen LogP contribution in [-0.4, -0.2) is 35.2 Å². The molecular weight excluding hydrogens is 162 g/mol. The van der Waals surface area contributed by atoms with Crippen LogP contribution in [0.4, 0.5) is 0 Å². The standard InChI is InChI=1S/C7H15NO2S/c1-6(5-9)11-4-3-8-7(2)10/h6,9H,3-5H2,1-2H3,(H,8,10). The maximum absolute atomic E-state index is 10.4. The lowest BCUT2D eigenvalue weighted by molar-refractivity contribution is -0.118. The summed E-state index contributed by atoms with van der Waals surface area (Å²) in [6, 6.07) is 0. The second-order valence-electron chi connectivity index (χ2n) is 2.35. The fraction of sp³-hybridized carbons (Fsp3) is 0.857. The molecule has 66 valence electrons. The van der Waals surface area contributed by atoms with Gasteiger partial charge in [-0.15, -0.1) is 0 Å². The number of hydrogen-bond donors (Lipinski definition) is 2. The maximum Gasteiger partial charge on any atom is 0.216 e. The SMILES string of the molecule is CC(=O)NCCSC(C)CO. The van der Waals surface area contributed by atoms with E-state index in [2.05, 4.69) is 5.32 Å². The van der Waals surface area contributed by atoms with Crippen LogP contribution >= 0.6 is 11.8 Å². The van der Waals surface area contributed by atoms with Crippen LogP contribution in [0, 0.1) is 0 Å². The van der Waals surface area contributed by atoms with Crippen molar-refractivity contribution in [3.63, 3.8) is 0 Å². The van der Waals surface area contributed by atoms with Gasteiger partial charge in [0, 0.05) is 24.5 Å². The second-order valence-corrected chi connectivity index (χ2v) is 3.89. The molecule has 1 unspecified atom stereocenters. The summed E-state index contributed by atoms with van der Waals surface area (Å²) in [4.78, 5) is 10.4. The molecule has 11 heavy (non-hydrogen) atoms. The number of carbonyl (C=O) groups excluding carboxylic acids is 1. The number of thioether (sulfide) groups is 1. The van der Waals surface area contributed by atoms with Crippen LogP contribution in [0.5, 0.6) is 0 Å². The van der Waals surface area contributed by atoms with Gasteiger partial charge in [-0.1, -0.05) is 6.92 Å². The highest BCUT2D eigenvalue weighted by Crippen LogP contribution is 2.07. The van der Waals surface area contributed by atoms with Gasteiger partial charge >= 0.3 is 0 Å². The fourth-order valence-electron chi connectivity index (χ4n) is 0.540.